The van der Waals surface area contributed by atoms with Gasteiger partial charge in [-0.1, -0.05) is 33.3 Å². The Hall–Kier alpha value is -1.26. The van der Waals surface area contributed by atoms with Gasteiger partial charge in [0, 0.05) is 13.1 Å². The summed E-state index contributed by atoms with van der Waals surface area (Å²) in [6.45, 7) is 8.36. The summed E-state index contributed by atoms with van der Waals surface area (Å²) in [4.78, 5) is 14.4. The van der Waals surface area contributed by atoms with Gasteiger partial charge in [-0.05, 0) is 42.0 Å². The van der Waals surface area contributed by atoms with E-state index in [4.69, 9.17) is 10.5 Å². The summed E-state index contributed by atoms with van der Waals surface area (Å²) in [6, 6.07) is 5.80. The fourth-order valence-corrected chi connectivity index (χ4v) is 2.74. The molecule has 2 atom stereocenters. The van der Waals surface area contributed by atoms with Gasteiger partial charge >= 0.3 is 0 Å². The van der Waals surface area contributed by atoms with E-state index >= 15 is 0 Å². The number of ether oxygens (including phenoxy) is 1. The highest BCUT2D eigenvalue weighted by Crippen LogP contribution is 2.25. The second kappa shape index (κ2) is 9.14. The Morgan fingerprint density at radius 3 is 2.74 bits per heavy atom. The third-order valence-corrected chi connectivity index (χ3v) is 4.52. The van der Waals surface area contributed by atoms with Crippen LogP contribution in [-0.2, 0) is 17.8 Å². The number of nitrogens with zero attached hydrogens (tertiary/aromatic N) is 1. The van der Waals surface area contributed by atoms with Crippen LogP contribution in [0, 0.1) is 5.92 Å². The summed E-state index contributed by atoms with van der Waals surface area (Å²) in [6.07, 6.45) is 2.81. The maximum atomic E-state index is 12.5. The minimum Gasteiger partial charge on any atom is -0.494 e. The fraction of sp³-hybridized carbons (Fsp3) is 0.611. The molecule has 5 heteroatoms. The number of carbonyl (C=O) groups is 1. The standard InChI is InChI=1S/C18H28N2O2.ClH/c1-4-10-22-16-7-6-15-12-20(9-8-14(15)11-16)18(21)17(19)13(3)5-2;/h6-7,11,13,17H,4-5,8-10,12,19H2,1-3H3;1H. The topological polar surface area (TPSA) is 55.6 Å². The van der Waals surface area contributed by atoms with Gasteiger partial charge in [-0.25, -0.2) is 0 Å². The summed E-state index contributed by atoms with van der Waals surface area (Å²) in [7, 11) is 0. The van der Waals surface area contributed by atoms with Crippen LogP contribution in [0.4, 0.5) is 0 Å². The second-order valence-corrected chi connectivity index (χ2v) is 6.20. The predicted molar refractivity (Wildman–Crippen MR) is 96.0 cm³/mol. The number of fused-ring (bicyclic) bond motifs is 1. The smallest absolute Gasteiger partial charge is 0.240 e. The number of rotatable bonds is 6. The average Bonchev–Trinajstić information content (AvgIpc) is 2.57. The average molecular weight is 341 g/mol. The molecular weight excluding hydrogens is 312 g/mol. The van der Waals surface area contributed by atoms with Crippen molar-refractivity contribution in [3.8, 4) is 5.75 Å². The van der Waals surface area contributed by atoms with E-state index in [0.717, 1.165) is 38.2 Å². The largest absolute Gasteiger partial charge is 0.494 e. The van der Waals surface area contributed by atoms with Crippen LogP contribution < -0.4 is 10.5 Å². The van der Waals surface area contributed by atoms with Gasteiger partial charge < -0.3 is 15.4 Å². The lowest BCUT2D eigenvalue weighted by atomic mass is 9.95. The molecule has 23 heavy (non-hydrogen) atoms. The lowest BCUT2D eigenvalue weighted by molar-refractivity contribution is -0.134. The summed E-state index contributed by atoms with van der Waals surface area (Å²) in [5.41, 5.74) is 8.58. The van der Waals surface area contributed by atoms with Gasteiger partial charge in [0.25, 0.3) is 0 Å². The third kappa shape index (κ3) is 4.85. The summed E-state index contributed by atoms with van der Waals surface area (Å²) >= 11 is 0. The van der Waals surface area contributed by atoms with Crippen molar-refractivity contribution in [2.45, 2.75) is 52.6 Å². The van der Waals surface area contributed by atoms with E-state index < -0.39 is 6.04 Å². The zero-order chi connectivity index (χ0) is 16.1. The van der Waals surface area contributed by atoms with Gasteiger partial charge in [0.05, 0.1) is 12.6 Å². The van der Waals surface area contributed by atoms with Crippen LogP contribution in [0.2, 0.25) is 0 Å². The van der Waals surface area contributed by atoms with Crippen LogP contribution in [0.5, 0.6) is 5.75 Å². The van der Waals surface area contributed by atoms with Crippen LogP contribution in [0.3, 0.4) is 0 Å². The van der Waals surface area contributed by atoms with Gasteiger partial charge in [0.2, 0.25) is 5.91 Å². The lowest BCUT2D eigenvalue weighted by Gasteiger charge is -2.32. The minimum atomic E-state index is -0.390. The van der Waals surface area contributed by atoms with E-state index in [1.165, 1.54) is 11.1 Å². The van der Waals surface area contributed by atoms with Crippen molar-refractivity contribution in [3.63, 3.8) is 0 Å². The Kier molecular flexibility index (Phi) is 7.86. The Morgan fingerprint density at radius 1 is 1.35 bits per heavy atom. The molecule has 1 heterocycles. The molecule has 2 unspecified atom stereocenters. The highest BCUT2D eigenvalue weighted by Gasteiger charge is 2.27. The number of amides is 1. The van der Waals surface area contributed by atoms with Gasteiger partial charge in [0.15, 0.2) is 0 Å². The van der Waals surface area contributed by atoms with Crippen molar-refractivity contribution in [1.82, 2.24) is 4.90 Å². The van der Waals surface area contributed by atoms with E-state index in [1.54, 1.807) is 0 Å². The molecule has 0 saturated carbocycles. The summed E-state index contributed by atoms with van der Waals surface area (Å²) in [5, 5.41) is 0. The fourth-order valence-electron chi connectivity index (χ4n) is 2.74. The quantitative estimate of drug-likeness (QED) is 0.865. The second-order valence-electron chi connectivity index (χ2n) is 6.20. The van der Waals surface area contributed by atoms with Crippen LogP contribution in [0.25, 0.3) is 0 Å². The van der Waals surface area contributed by atoms with Crippen LogP contribution in [-0.4, -0.2) is 30.0 Å². The highest BCUT2D eigenvalue weighted by atomic mass is 35.5. The van der Waals surface area contributed by atoms with Crippen LogP contribution in [0.15, 0.2) is 18.2 Å². The molecule has 1 amide bonds. The molecule has 0 radical (unpaired) electrons. The van der Waals surface area contributed by atoms with Crippen LogP contribution >= 0.6 is 12.4 Å². The zero-order valence-electron chi connectivity index (χ0n) is 14.4. The normalized spacial score (nSPS) is 16.1. The molecular formula is C18H29ClN2O2. The van der Waals surface area contributed by atoms with Gasteiger partial charge in [-0.2, -0.15) is 0 Å². The molecule has 0 bridgehead atoms. The molecule has 0 aromatic heterocycles. The molecule has 0 fully saturated rings. The van der Waals surface area contributed by atoms with E-state index in [9.17, 15) is 4.79 Å². The van der Waals surface area contributed by atoms with E-state index in [1.807, 2.05) is 17.9 Å². The first-order valence-electron chi connectivity index (χ1n) is 8.35. The molecule has 1 aromatic rings. The first-order valence-corrected chi connectivity index (χ1v) is 8.35. The van der Waals surface area contributed by atoms with Gasteiger partial charge in [-0.3, -0.25) is 4.79 Å². The number of hydrogen-bond donors (Lipinski definition) is 1. The Bertz CT molecular complexity index is 522. The molecule has 0 spiro atoms. The van der Waals surface area contributed by atoms with E-state index in [2.05, 4.69) is 26.0 Å². The maximum Gasteiger partial charge on any atom is 0.240 e. The molecule has 0 saturated heterocycles. The first kappa shape index (κ1) is 19.8. The summed E-state index contributed by atoms with van der Waals surface area (Å²) in [5.74, 6) is 1.22. The highest BCUT2D eigenvalue weighted by molar-refractivity contribution is 5.85. The summed E-state index contributed by atoms with van der Waals surface area (Å²) < 4.78 is 5.68. The van der Waals surface area contributed by atoms with Crippen molar-refractivity contribution < 1.29 is 9.53 Å². The first-order chi connectivity index (χ1) is 10.6. The molecule has 1 aromatic carbocycles. The Balaban J connectivity index is 0.00000264. The Morgan fingerprint density at radius 2 is 2.09 bits per heavy atom. The SMILES string of the molecule is CCCOc1ccc2c(c1)CCN(C(=O)C(N)C(C)CC)C2.Cl. The zero-order valence-corrected chi connectivity index (χ0v) is 15.2. The molecule has 4 nitrogen and oxygen atoms in total. The maximum absolute atomic E-state index is 12.5. The van der Waals surface area contributed by atoms with Gasteiger partial charge in [0.1, 0.15) is 5.75 Å². The number of carbonyl (C=O) groups excluding carboxylic acids is 1. The molecule has 130 valence electrons. The van der Waals surface area contributed by atoms with E-state index in [-0.39, 0.29) is 24.2 Å². The molecule has 1 aliphatic rings. The van der Waals surface area contributed by atoms with Crippen molar-refractivity contribution >= 4 is 18.3 Å². The molecule has 2 rings (SSSR count). The lowest BCUT2D eigenvalue weighted by Crippen LogP contribution is -2.48. The molecule has 2 N–H and O–H groups in total. The van der Waals surface area contributed by atoms with E-state index in [0.29, 0.717) is 6.54 Å². The number of benzene rings is 1. The van der Waals surface area contributed by atoms with Crippen molar-refractivity contribution in [2.75, 3.05) is 13.2 Å². The number of hydrogen-bond acceptors (Lipinski definition) is 3. The van der Waals surface area contributed by atoms with Crippen molar-refractivity contribution in [3.05, 3.63) is 29.3 Å². The molecule has 1 aliphatic heterocycles. The monoisotopic (exact) mass is 340 g/mol. The minimum absolute atomic E-state index is 0. The number of halogens is 1. The predicted octanol–water partition coefficient (Wildman–Crippen LogP) is 3.16. The van der Waals surface area contributed by atoms with Crippen molar-refractivity contribution in [1.29, 1.82) is 0 Å². The van der Waals surface area contributed by atoms with Crippen molar-refractivity contribution in [2.24, 2.45) is 11.7 Å². The number of nitrogens with two attached hydrogens (primary N) is 1. The third-order valence-electron chi connectivity index (χ3n) is 4.52. The van der Waals surface area contributed by atoms with Gasteiger partial charge in [-0.15, -0.1) is 12.4 Å². The Labute approximate surface area is 145 Å². The van der Waals surface area contributed by atoms with Crippen LogP contribution in [0.1, 0.15) is 44.7 Å². The molecule has 0 aliphatic carbocycles.